The molecule has 1 aliphatic carbocycles. The Labute approximate surface area is 132 Å². The molecule has 128 valence electrons. The van der Waals surface area contributed by atoms with Crippen LogP contribution < -0.4 is 5.32 Å². The second kappa shape index (κ2) is 6.64. The average Bonchev–Trinajstić information content (AvgIpc) is 3.05. The number of hydrogen-bond donors (Lipinski definition) is 2. The van der Waals surface area contributed by atoms with E-state index in [4.69, 9.17) is 0 Å². The normalized spacial score (nSPS) is 17.0. The van der Waals surface area contributed by atoms with Crippen LogP contribution in [0.4, 0.5) is 8.78 Å². The predicted octanol–water partition coefficient (Wildman–Crippen LogP) is 2.60. The van der Waals surface area contributed by atoms with E-state index in [0.717, 1.165) is 6.20 Å². The molecule has 8 heteroatoms. The van der Waals surface area contributed by atoms with Crippen molar-refractivity contribution in [3.63, 3.8) is 0 Å². The van der Waals surface area contributed by atoms with Crippen LogP contribution in [0.3, 0.4) is 0 Å². The summed E-state index contributed by atoms with van der Waals surface area (Å²) in [5, 5.41) is 15.7. The molecule has 6 nitrogen and oxygen atoms in total. The number of rotatable bonds is 6. The highest BCUT2D eigenvalue weighted by Crippen LogP contribution is 2.31. The summed E-state index contributed by atoms with van der Waals surface area (Å²) in [6, 6.07) is 0. The van der Waals surface area contributed by atoms with Crippen LogP contribution in [0.15, 0.2) is 6.20 Å². The Balaban J connectivity index is 2.27. The number of hydrogen-bond acceptors (Lipinski definition) is 3. The molecule has 2 N–H and O–H groups in total. The van der Waals surface area contributed by atoms with Crippen molar-refractivity contribution < 1.29 is 23.5 Å². The summed E-state index contributed by atoms with van der Waals surface area (Å²) in [4.78, 5) is 23.8. The molecule has 23 heavy (non-hydrogen) atoms. The van der Waals surface area contributed by atoms with Gasteiger partial charge in [-0.25, -0.2) is 13.6 Å². The Hall–Kier alpha value is -1.99. The van der Waals surface area contributed by atoms with E-state index in [1.54, 1.807) is 0 Å². The zero-order chi connectivity index (χ0) is 17.2. The van der Waals surface area contributed by atoms with Crippen LogP contribution in [0.25, 0.3) is 0 Å². The Morgan fingerprint density at radius 1 is 1.39 bits per heavy atom. The third-order valence-electron chi connectivity index (χ3n) is 4.01. The fourth-order valence-corrected chi connectivity index (χ4v) is 2.89. The minimum Gasteiger partial charge on any atom is -0.480 e. The van der Waals surface area contributed by atoms with Crippen molar-refractivity contribution in [1.29, 1.82) is 0 Å². The van der Waals surface area contributed by atoms with Gasteiger partial charge in [0.05, 0.1) is 5.56 Å². The largest absolute Gasteiger partial charge is 0.480 e. The molecule has 0 aliphatic heterocycles. The maximum atomic E-state index is 13.2. The van der Waals surface area contributed by atoms with E-state index in [9.17, 15) is 23.5 Å². The summed E-state index contributed by atoms with van der Waals surface area (Å²) in [6.07, 6.45) is 0.254. The van der Waals surface area contributed by atoms with Crippen molar-refractivity contribution in [1.82, 2.24) is 15.1 Å². The highest BCUT2D eigenvalue weighted by Gasteiger charge is 2.43. The van der Waals surface area contributed by atoms with E-state index in [0.29, 0.717) is 32.2 Å². The second-order valence-electron chi connectivity index (χ2n) is 6.40. The molecule has 0 bridgehead atoms. The van der Waals surface area contributed by atoms with Gasteiger partial charge >= 0.3 is 5.97 Å². The maximum absolute atomic E-state index is 13.2. The van der Waals surface area contributed by atoms with Crippen LogP contribution in [-0.2, 0) is 11.3 Å². The first-order valence-corrected chi connectivity index (χ1v) is 7.66. The van der Waals surface area contributed by atoms with Gasteiger partial charge in [-0.2, -0.15) is 5.10 Å². The summed E-state index contributed by atoms with van der Waals surface area (Å²) in [7, 11) is 0. The molecular weight excluding hydrogens is 308 g/mol. The van der Waals surface area contributed by atoms with Gasteiger partial charge in [0.2, 0.25) is 0 Å². The number of carbonyl (C=O) groups excluding carboxylic acids is 1. The minimum atomic E-state index is -2.85. The van der Waals surface area contributed by atoms with Crippen molar-refractivity contribution in [2.45, 2.75) is 58.0 Å². The van der Waals surface area contributed by atoms with Crippen molar-refractivity contribution in [2.24, 2.45) is 5.92 Å². The number of carboxylic acid groups (broad SMARTS) is 1. The summed E-state index contributed by atoms with van der Waals surface area (Å²) < 4.78 is 27.6. The summed E-state index contributed by atoms with van der Waals surface area (Å²) in [5.74, 6) is -1.81. The quantitative estimate of drug-likeness (QED) is 0.840. The Kier molecular flexibility index (Phi) is 5.01. The van der Waals surface area contributed by atoms with Crippen LogP contribution in [-0.4, -0.2) is 32.3 Å². The van der Waals surface area contributed by atoms with Crippen molar-refractivity contribution >= 4 is 11.9 Å². The molecular formula is C15H21F2N3O3. The SMILES string of the molecule is CC(C)Cn1cc(C(F)F)c(C(=O)NC2(C(=O)O)CCCC2)n1. The van der Waals surface area contributed by atoms with Gasteiger partial charge in [0.1, 0.15) is 5.54 Å². The number of halogens is 2. The summed E-state index contributed by atoms with van der Waals surface area (Å²) in [6.45, 7) is 4.21. The molecule has 1 aromatic heterocycles. The molecule has 2 rings (SSSR count). The van der Waals surface area contributed by atoms with Crippen LogP contribution >= 0.6 is 0 Å². The number of amides is 1. The number of carboxylic acids is 1. The van der Waals surface area contributed by atoms with Crippen LogP contribution in [0.2, 0.25) is 0 Å². The first kappa shape index (κ1) is 17.4. The molecule has 0 radical (unpaired) electrons. The van der Waals surface area contributed by atoms with Gasteiger partial charge in [0.15, 0.2) is 5.69 Å². The van der Waals surface area contributed by atoms with Crippen LogP contribution in [0, 0.1) is 5.92 Å². The van der Waals surface area contributed by atoms with Gasteiger partial charge in [-0.1, -0.05) is 26.7 Å². The maximum Gasteiger partial charge on any atom is 0.329 e. The standard InChI is InChI=1S/C15H21F2N3O3/c1-9(2)7-20-8-10(12(16)17)11(19-20)13(21)18-15(14(22)23)5-3-4-6-15/h8-9,12H,3-7H2,1-2H3,(H,18,21)(H,22,23). The average molecular weight is 329 g/mol. The summed E-state index contributed by atoms with van der Waals surface area (Å²) in [5.41, 5.74) is -2.24. The number of aromatic nitrogens is 2. The Morgan fingerprint density at radius 2 is 2.00 bits per heavy atom. The molecule has 1 aromatic rings. The number of aliphatic carboxylic acids is 1. The molecule has 0 saturated heterocycles. The van der Waals surface area contributed by atoms with Gasteiger partial charge in [0.25, 0.3) is 12.3 Å². The molecule has 1 saturated carbocycles. The van der Waals surface area contributed by atoms with E-state index in [1.165, 1.54) is 4.68 Å². The third-order valence-corrected chi connectivity index (χ3v) is 4.01. The molecule has 1 aliphatic rings. The molecule has 0 atom stereocenters. The Bertz CT molecular complexity index is 593. The first-order chi connectivity index (χ1) is 10.7. The number of nitrogens with zero attached hydrogens (tertiary/aromatic N) is 2. The van der Waals surface area contributed by atoms with Gasteiger partial charge in [0, 0.05) is 12.7 Å². The lowest BCUT2D eigenvalue weighted by Crippen LogP contribution is -2.52. The second-order valence-corrected chi connectivity index (χ2v) is 6.40. The van der Waals surface area contributed by atoms with Gasteiger partial charge < -0.3 is 10.4 Å². The molecule has 0 aromatic carbocycles. The first-order valence-electron chi connectivity index (χ1n) is 7.66. The zero-order valence-corrected chi connectivity index (χ0v) is 13.2. The lowest BCUT2D eigenvalue weighted by Gasteiger charge is -2.25. The molecule has 1 fully saturated rings. The highest BCUT2D eigenvalue weighted by atomic mass is 19.3. The van der Waals surface area contributed by atoms with Crippen molar-refractivity contribution in [2.75, 3.05) is 0 Å². The molecule has 0 spiro atoms. The fourth-order valence-electron chi connectivity index (χ4n) is 2.89. The summed E-state index contributed by atoms with van der Waals surface area (Å²) >= 11 is 0. The smallest absolute Gasteiger partial charge is 0.329 e. The van der Waals surface area contributed by atoms with Crippen molar-refractivity contribution in [3.05, 3.63) is 17.5 Å². The van der Waals surface area contributed by atoms with E-state index < -0.39 is 35.1 Å². The van der Waals surface area contributed by atoms with E-state index in [2.05, 4.69) is 10.4 Å². The number of nitrogens with one attached hydrogen (secondary N) is 1. The van der Waals surface area contributed by atoms with Gasteiger partial charge in [-0.05, 0) is 18.8 Å². The zero-order valence-electron chi connectivity index (χ0n) is 13.2. The van der Waals surface area contributed by atoms with Crippen LogP contribution in [0.1, 0.15) is 62.0 Å². The minimum absolute atomic E-state index is 0.177. The topological polar surface area (TPSA) is 84.2 Å². The van der Waals surface area contributed by atoms with E-state index in [-0.39, 0.29) is 5.92 Å². The Morgan fingerprint density at radius 3 is 2.48 bits per heavy atom. The molecule has 1 amide bonds. The number of alkyl halides is 2. The predicted molar refractivity (Wildman–Crippen MR) is 78.3 cm³/mol. The molecule has 1 heterocycles. The third kappa shape index (κ3) is 3.68. The van der Waals surface area contributed by atoms with Crippen LogP contribution in [0.5, 0.6) is 0 Å². The van der Waals surface area contributed by atoms with Gasteiger partial charge in [-0.3, -0.25) is 9.48 Å². The monoisotopic (exact) mass is 329 g/mol. The van der Waals surface area contributed by atoms with Gasteiger partial charge in [-0.15, -0.1) is 0 Å². The lowest BCUT2D eigenvalue weighted by atomic mass is 9.97. The van der Waals surface area contributed by atoms with E-state index >= 15 is 0 Å². The number of carbonyl (C=O) groups is 2. The van der Waals surface area contributed by atoms with E-state index in [1.807, 2.05) is 13.8 Å². The van der Waals surface area contributed by atoms with Crippen molar-refractivity contribution in [3.8, 4) is 0 Å². The highest BCUT2D eigenvalue weighted by molar-refractivity contribution is 5.97. The molecule has 0 unspecified atom stereocenters. The lowest BCUT2D eigenvalue weighted by molar-refractivity contribution is -0.144. The fraction of sp³-hybridized carbons (Fsp3) is 0.667.